The normalized spacial score (nSPS) is 19.4. The number of rotatable bonds is 8. The lowest BCUT2D eigenvalue weighted by molar-refractivity contribution is 0.378. The molecule has 0 heterocycles. The van der Waals surface area contributed by atoms with Crippen LogP contribution in [0.15, 0.2) is 103 Å². The minimum atomic E-state index is 0.370. The average molecular weight is 569 g/mol. The molecule has 4 aromatic rings. The van der Waals surface area contributed by atoms with Gasteiger partial charge in [0.2, 0.25) is 0 Å². The van der Waals surface area contributed by atoms with Crippen LogP contribution in [0.1, 0.15) is 89.7 Å². The van der Waals surface area contributed by atoms with E-state index in [1.807, 2.05) is 0 Å². The highest BCUT2D eigenvalue weighted by Gasteiger charge is 2.33. The summed E-state index contributed by atoms with van der Waals surface area (Å²) in [6, 6.07) is 34.1. The highest BCUT2D eigenvalue weighted by molar-refractivity contribution is 5.81. The second-order valence-corrected chi connectivity index (χ2v) is 13.4. The van der Waals surface area contributed by atoms with Crippen LogP contribution in [0, 0.1) is 11.8 Å². The first-order chi connectivity index (χ1) is 20.9. The molecule has 3 unspecified atom stereocenters. The highest BCUT2D eigenvalue weighted by atomic mass is 14.9. The lowest BCUT2D eigenvalue weighted by atomic mass is 9.67. The molecule has 1 saturated carbocycles. The molecule has 0 amide bonds. The third-order valence-corrected chi connectivity index (χ3v) is 10.2. The minimum Gasteiger partial charge on any atom is -0.382 e. The van der Waals surface area contributed by atoms with Crippen LogP contribution >= 0.6 is 0 Å². The van der Waals surface area contributed by atoms with Gasteiger partial charge in [0.25, 0.3) is 0 Å². The van der Waals surface area contributed by atoms with Gasteiger partial charge >= 0.3 is 0 Å². The predicted octanol–water partition coefficient (Wildman–Crippen LogP) is 11.9. The number of fused-ring (bicyclic) bond motifs is 1. The molecule has 222 valence electrons. The third-order valence-electron chi connectivity index (χ3n) is 10.2. The molecule has 0 aliphatic heterocycles. The predicted molar refractivity (Wildman–Crippen MR) is 186 cm³/mol. The molecule has 1 fully saturated rings. The Morgan fingerprint density at radius 2 is 1.19 bits per heavy atom. The highest BCUT2D eigenvalue weighted by Crippen LogP contribution is 2.50. The summed E-state index contributed by atoms with van der Waals surface area (Å²) >= 11 is 0. The van der Waals surface area contributed by atoms with Crippen LogP contribution in [0.5, 0.6) is 0 Å². The summed E-state index contributed by atoms with van der Waals surface area (Å²) < 4.78 is 0. The van der Waals surface area contributed by atoms with Gasteiger partial charge in [-0.2, -0.15) is 0 Å². The van der Waals surface area contributed by atoms with Crippen LogP contribution in [0.25, 0.3) is 22.3 Å². The molecular weight excluding hydrogens is 520 g/mol. The van der Waals surface area contributed by atoms with Crippen molar-refractivity contribution in [2.75, 3.05) is 10.6 Å². The molecular formula is C41H48N2. The van der Waals surface area contributed by atoms with Gasteiger partial charge in [-0.25, -0.2) is 0 Å². The van der Waals surface area contributed by atoms with E-state index in [2.05, 4.69) is 142 Å². The van der Waals surface area contributed by atoms with E-state index in [0.29, 0.717) is 29.7 Å². The monoisotopic (exact) mass is 568 g/mol. The lowest BCUT2D eigenvalue weighted by Gasteiger charge is -2.37. The molecule has 3 atom stereocenters. The topological polar surface area (TPSA) is 24.1 Å². The average Bonchev–Trinajstić information content (AvgIpc) is 3.03. The van der Waals surface area contributed by atoms with Gasteiger partial charge in [0.1, 0.15) is 0 Å². The molecule has 4 aromatic carbocycles. The third kappa shape index (κ3) is 6.30. The Morgan fingerprint density at radius 1 is 0.628 bits per heavy atom. The molecule has 0 saturated heterocycles. The molecule has 2 aliphatic carbocycles. The molecule has 2 N–H and O–H groups in total. The number of hydrogen-bond acceptors (Lipinski definition) is 2. The van der Waals surface area contributed by atoms with Crippen molar-refractivity contribution in [1.82, 2.24) is 0 Å². The smallest absolute Gasteiger partial charge is 0.0384 e. The van der Waals surface area contributed by atoms with Crippen molar-refractivity contribution in [3.8, 4) is 22.3 Å². The number of anilines is 3. The molecule has 6 rings (SSSR count). The first-order valence-electron chi connectivity index (χ1n) is 16.5. The van der Waals surface area contributed by atoms with Crippen molar-refractivity contribution >= 4 is 17.1 Å². The van der Waals surface area contributed by atoms with E-state index in [4.69, 9.17) is 0 Å². The SMILES string of the molecule is CC1=CC(C(C)C(C)C)c2c(-c3ccc(NC4CCCCC4)cc3)ccc(-c3ccc(Nc4ccccc4)cc3)c2C1C. The maximum absolute atomic E-state index is 3.81. The van der Waals surface area contributed by atoms with Crippen LogP contribution < -0.4 is 10.6 Å². The Labute approximate surface area is 259 Å². The summed E-state index contributed by atoms with van der Waals surface area (Å²) in [5.74, 6) is 1.90. The Morgan fingerprint density at radius 3 is 1.79 bits per heavy atom. The molecule has 0 aromatic heterocycles. The zero-order chi connectivity index (χ0) is 29.9. The van der Waals surface area contributed by atoms with Gasteiger partial charge in [-0.3, -0.25) is 0 Å². The number of benzene rings is 4. The van der Waals surface area contributed by atoms with E-state index >= 15 is 0 Å². The molecule has 0 spiro atoms. The lowest BCUT2D eigenvalue weighted by Crippen LogP contribution is -2.22. The van der Waals surface area contributed by atoms with Crippen LogP contribution in [0.2, 0.25) is 0 Å². The molecule has 2 aliphatic rings. The summed E-state index contributed by atoms with van der Waals surface area (Å²) in [6.45, 7) is 11.9. The van der Waals surface area contributed by atoms with Crippen molar-refractivity contribution in [3.05, 3.63) is 114 Å². The van der Waals surface area contributed by atoms with E-state index in [9.17, 15) is 0 Å². The van der Waals surface area contributed by atoms with Gasteiger partial charge in [-0.15, -0.1) is 0 Å². The standard InChI is InChI=1S/C41H48N2/c1-27(2)29(4)39-26-28(3)30(5)40-37(31-16-20-35(21-17-31)42-33-12-8-6-9-13-33)24-25-38(41(39)40)32-18-22-36(23-19-32)43-34-14-10-7-11-15-34/h6,8-9,12-13,16-27,29-30,34,39,42-43H,7,10-11,14-15H2,1-5H3. The fourth-order valence-electron chi connectivity index (χ4n) is 7.18. The van der Waals surface area contributed by atoms with Crippen LogP contribution in [-0.2, 0) is 0 Å². The summed E-state index contributed by atoms with van der Waals surface area (Å²) in [4.78, 5) is 0. The van der Waals surface area contributed by atoms with E-state index in [1.54, 1.807) is 0 Å². The Kier molecular flexibility index (Phi) is 8.75. The van der Waals surface area contributed by atoms with E-state index < -0.39 is 0 Å². The zero-order valence-corrected chi connectivity index (χ0v) is 26.7. The number of nitrogens with one attached hydrogen (secondary N) is 2. The Balaban J connectivity index is 1.40. The maximum Gasteiger partial charge on any atom is 0.0384 e. The number of hydrogen-bond donors (Lipinski definition) is 2. The van der Waals surface area contributed by atoms with Gasteiger partial charge in [0.15, 0.2) is 0 Å². The summed E-state index contributed by atoms with van der Waals surface area (Å²) in [6.07, 6.45) is 9.24. The van der Waals surface area contributed by atoms with Crippen LogP contribution in [0.4, 0.5) is 17.1 Å². The molecule has 43 heavy (non-hydrogen) atoms. The fraction of sp³-hybridized carbons (Fsp3) is 0.366. The Hall–Kier alpha value is -3.78. The second-order valence-electron chi connectivity index (χ2n) is 13.4. The van der Waals surface area contributed by atoms with Crippen LogP contribution in [-0.4, -0.2) is 6.04 Å². The van der Waals surface area contributed by atoms with E-state index in [1.165, 1.54) is 76.7 Å². The summed E-state index contributed by atoms with van der Waals surface area (Å²) in [5, 5.41) is 7.35. The van der Waals surface area contributed by atoms with Gasteiger partial charge < -0.3 is 10.6 Å². The van der Waals surface area contributed by atoms with E-state index in [-0.39, 0.29) is 0 Å². The molecule has 2 heteroatoms. The Bertz CT molecular complexity index is 1540. The fourth-order valence-corrected chi connectivity index (χ4v) is 7.18. The van der Waals surface area contributed by atoms with E-state index in [0.717, 1.165) is 11.4 Å². The van der Waals surface area contributed by atoms with Gasteiger partial charge in [-0.1, -0.05) is 113 Å². The summed E-state index contributed by atoms with van der Waals surface area (Å²) in [7, 11) is 0. The van der Waals surface area contributed by atoms with Crippen molar-refractivity contribution in [3.63, 3.8) is 0 Å². The van der Waals surface area contributed by atoms with Crippen LogP contribution in [0.3, 0.4) is 0 Å². The maximum atomic E-state index is 3.81. The first kappa shape index (κ1) is 29.3. The van der Waals surface area contributed by atoms with Crippen molar-refractivity contribution in [2.45, 2.75) is 84.6 Å². The second kappa shape index (κ2) is 12.8. The van der Waals surface area contributed by atoms with Gasteiger partial charge in [0.05, 0.1) is 0 Å². The number of para-hydroxylation sites is 1. The van der Waals surface area contributed by atoms with Crippen molar-refractivity contribution < 1.29 is 0 Å². The van der Waals surface area contributed by atoms with Gasteiger partial charge in [-0.05, 0) is 101 Å². The summed E-state index contributed by atoms with van der Waals surface area (Å²) in [5.41, 5.74) is 13.3. The number of allylic oxidation sites excluding steroid dienone is 2. The molecule has 2 nitrogen and oxygen atoms in total. The zero-order valence-electron chi connectivity index (χ0n) is 26.7. The minimum absolute atomic E-state index is 0.370. The quantitative estimate of drug-likeness (QED) is 0.207. The molecule has 0 bridgehead atoms. The molecule has 0 radical (unpaired) electrons. The van der Waals surface area contributed by atoms with Gasteiger partial charge in [0, 0.05) is 34.9 Å². The largest absolute Gasteiger partial charge is 0.382 e. The first-order valence-corrected chi connectivity index (χ1v) is 16.5. The van der Waals surface area contributed by atoms with Crippen molar-refractivity contribution in [2.24, 2.45) is 11.8 Å². The van der Waals surface area contributed by atoms with Crippen molar-refractivity contribution in [1.29, 1.82) is 0 Å².